The Kier molecular flexibility index (Phi) is 11.7. The van der Waals surface area contributed by atoms with Crippen molar-refractivity contribution >= 4 is 86.2 Å². The Morgan fingerprint density at radius 3 is 2.19 bits per heavy atom. The molecular weight excluding hydrogens is 856 g/mol. The Labute approximate surface area is 269 Å². The molecule has 0 saturated heterocycles. The third-order valence-corrected chi connectivity index (χ3v) is 9.66. The molecule has 2 unspecified atom stereocenters. The molecule has 3 saturated carbocycles. The maximum absolute atomic E-state index is 10.6. The first-order chi connectivity index (χ1) is 16.8. The standard InChI is InChI=1S/C25H27I3N2O2.C2H4O2.Co/c1-14-6-15(22(31)19(27)7-14)12-30-25(5-4-17-9-21(25)24(17,2)3)13-29-11-16-8-18(26)10-20(28)23(16)32;1-2(3)4;/h6-8,10-12,17,21,31-32H,4-5,9,13H2,1-3H3;1H3,(H,3,4);/t17-,21?,25?;;/m1../s1. The second kappa shape index (κ2) is 13.3. The molecule has 3 N–H and O–H groups in total. The van der Waals surface area contributed by atoms with Gasteiger partial charge in [0.25, 0.3) is 5.97 Å². The topological polar surface area (TPSA) is 102 Å². The maximum Gasteiger partial charge on any atom is 0.300 e. The molecule has 2 aromatic rings. The van der Waals surface area contributed by atoms with Gasteiger partial charge in [-0.05, 0) is 141 Å². The van der Waals surface area contributed by atoms with Crippen molar-refractivity contribution in [2.24, 2.45) is 27.2 Å². The zero-order chi connectivity index (χ0) is 26.8. The van der Waals surface area contributed by atoms with Crippen LogP contribution in [0.1, 0.15) is 56.7 Å². The number of aromatic hydroxyl groups is 2. The van der Waals surface area contributed by atoms with E-state index in [0.717, 1.165) is 53.1 Å². The zero-order valence-electron chi connectivity index (χ0n) is 21.1. The number of halogens is 3. The number of hydrogen-bond donors (Lipinski definition) is 3. The molecule has 3 fully saturated rings. The van der Waals surface area contributed by atoms with Crippen LogP contribution in [0.2, 0.25) is 0 Å². The summed E-state index contributed by atoms with van der Waals surface area (Å²) in [6, 6.07) is 7.87. The summed E-state index contributed by atoms with van der Waals surface area (Å²) in [5.41, 5.74) is 2.57. The van der Waals surface area contributed by atoms with E-state index in [1.165, 1.54) is 6.42 Å². The molecule has 5 rings (SSSR count). The van der Waals surface area contributed by atoms with Crippen LogP contribution < -0.4 is 0 Å². The number of carbonyl (C=O) groups is 1. The van der Waals surface area contributed by atoms with Gasteiger partial charge in [0, 0.05) is 50.8 Å². The molecule has 6 nitrogen and oxygen atoms in total. The van der Waals surface area contributed by atoms with Crippen molar-refractivity contribution in [2.75, 3.05) is 6.54 Å². The van der Waals surface area contributed by atoms with Gasteiger partial charge in [0.05, 0.1) is 19.2 Å². The zero-order valence-corrected chi connectivity index (χ0v) is 28.6. The van der Waals surface area contributed by atoms with Crippen molar-refractivity contribution in [1.29, 1.82) is 0 Å². The number of phenols is 2. The minimum Gasteiger partial charge on any atom is -0.506 e. The van der Waals surface area contributed by atoms with Crippen LogP contribution in [0.3, 0.4) is 0 Å². The minimum atomic E-state index is -0.833. The van der Waals surface area contributed by atoms with Gasteiger partial charge in [-0.1, -0.05) is 13.8 Å². The summed E-state index contributed by atoms with van der Waals surface area (Å²) in [5, 5.41) is 28.4. The van der Waals surface area contributed by atoms with Gasteiger partial charge in [0.1, 0.15) is 11.5 Å². The molecular formula is C27H31CoI3N2O4. The summed E-state index contributed by atoms with van der Waals surface area (Å²) in [4.78, 5) is 19.0. The summed E-state index contributed by atoms with van der Waals surface area (Å²) < 4.78 is 2.74. The van der Waals surface area contributed by atoms with Crippen LogP contribution in [0.5, 0.6) is 11.5 Å². The third-order valence-electron chi connectivity index (χ3n) is 7.40. The minimum absolute atomic E-state index is 0. The Bertz CT molecular complexity index is 1210. The van der Waals surface area contributed by atoms with Gasteiger partial charge in [0.2, 0.25) is 0 Å². The van der Waals surface area contributed by atoms with E-state index in [9.17, 15) is 10.2 Å². The molecule has 0 amide bonds. The van der Waals surface area contributed by atoms with Gasteiger partial charge >= 0.3 is 0 Å². The molecule has 1 radical (unpaired) electrons. The molecule has 203 valence electrons. The number of nitrogens with zero attached hydrogens (tertiary/aromatic N) is 2. The molecule has 3 aliphatic rings. The number of benzene rings is 2. The van der Waals surface area contributed by atoms with Crippen LogP contribution in [0.15, 0.2) is 34.3 Å². The number of aliphatic carboxylic acids is 1. The first kappa shape index (κ1) is 32.8. The summed E-state index contributed by atoms with van der Waals surface area (Å²) in [5.74, 6) is 0.949. The second-order valence-electron chi connectivity index (χ2n) is 10.2. The fourth-order valence-electron chi connectivity index (χ4n) is 5.45. The predicted molar refractivity (Wildman–Crippen MR) is 170 cm³/mol. The molecule has 37 heavy (non-hydrogen) atoms. The number of carboxylic acid groups (broad SMARTS) is 1. The van der Waals surface area contributed by atoms with Gasteiger partial charge in [0.15, 0.2) is 0 Å². The number of hydrogen-bond acceptors (Lipinski definition) is 5. The van der Waals surface area contributed by atoms with E-state index in [1.807, 2.05) is 37.4 Å². The first-order valence-electron chi connectivity index (χ1n) is 11.7. The summed E-state index contributed by atoms with van der Waals surface area (Å²) >= 11 is 6.58. The van der Waals surface area contributed by atoms with Crippen molar-refractivity contribution in [3.63, 3.8) is 0 Å². The number of phenolic OH excluding ortho intramolecular Hbond substituents is 2. The monoisotopic (exact) mass is 887 g/mol. The van der Waals surface area contributed by atoms with Crippen LogP contribution in [0.25, 0.3) is 0 Å². The fraction of sp³-hybridized carbons (Fsp3) is 0.444. The third kappa shape index (κ3) is 7.60. The van der Waals surface area contributed by atoms with Crippen molar-refractivity contribution in [3.8, 4) is 11.5 Å². The Morgan fingerprint density at radius 1 is 1.05 bits per heavy atom. The molecule has 2 aromatic carbocycles. The average molecular weight is 887 g/mol. The SMILES string of the molecule is CC(=O)O.Cc1cc(I)c(O)c(C=NC2(CN=Cc3cc(I)cc(I)c3O)CC[C@@H]3CC2C3(C)C)c1.[Co]. The number of aryl methyl sites for hydroxylation is 1. The van der Waals surface area contributed by atoms with Crippen molar-refractivity contribution in [1.82, 2.24) is 0 Å². The normalized spacial score (nSPS) is 23.6. The van der Waals surface area contributed by atoms with E-state index >= 15 is 0 Å². The molecule has 2 bridgehead atoms. The van der Waals surface area contributed by atoms with E-state index in [0.29, 0.717) is 18.2 Å². The Morgan fingerprint density at radius 2 is 1.62 bits per heavy atom. The summed E-state index contributed by atoms with van der Waals surface area (Å²) in [6.07, 6.45) is 6.99. The largest absolute Gasteiger partial charge is 0.506 e. The fourth-order valence-corrected chi connectivity index (χ4v) is 8.14. The number of carboxylic acids is 1. The van der Waals surface area contributed by atoms with Crippen molar-refractivity contribution in [2.45, 2.75) is 52.5 Å². The molecule has 0 aromatic heterocycles. The summed E-state index contributed by atoms with van der Waals surface area (Å²) in [7, 11) is 0. The van der Waals surface area contributed by atoms with Crippen LogP contribution in [0, 0.1) is 34.9 Å². The number of rotatable bonds is 5. The van der Waals surface area contributed by atoms with Gasteiger partial charge in [-0.3, -0.25) is 14.8 Å². The second-order valence-corrected chi connectivity index (χ2v) is 13.8. The van der Waals surface area contributed by atoms with Crippen LogP contribution in [-0.2, 0) is 21.6 Å². The van der Waals surface area contributed by atoms with Crippen LogP contribution in [0.4, 0.5) is 0 Å². The molecule has 10 heteroatoms. The maximum atomic E-state index is 10.6. The predicted octanol–water partition coefficient (Wildman–Crippen LogP) is 7.04. The summed E-state index contributed by atoms with van der Waals surface area (Å²) in [6.45, 7) is 8.42. The molecule has 0 aliphatic heterocycles. The average Bonchev–Trinajstić information content (AvgIpc) is 2.78. The Balaban J connectivity index is 0.000000898. The number of fused-ring (bicyclic) bond motifs is 2. The molecule has 0 spiro atoms. The van der Waals surface area contributed by atoms with Crippen molar-refractivity contribution < 1.29 is 36.9 Å². The van der Waals surface area contributed by atoms with Gasteiger partial charge in [-0.15, -0.1) is 0 Å². The van der Waals surface area contributed by atoms with Crippen molar-refractivity contribution in [3.05, 3.63) is 51.7 Å². The van der Waals surface area contributed by atoms with E-state index < -0.39 is 5.97 Å². The van der Waals surface area contributed by atoms with E-state index in [1.54, 1.807) is 6.21 Å². The molecule has 0 heterocycles. The van der Waals surface area contributed by atoms with E-state index in [4.69, 9.17) is 19.9 Å². The smallest absolute Gasteiger partial charge is 0.300 e. The number of aliphatic imine (C=N–C) groups is 2. The van der Waals surface area contributed by atoms with E-state index in [2.05, 4.69) is 81.6 Å². The van der Waals surface area contributed by atoms with Gasteiger partial charge in [-0.2, -0.15) is 0 Å². The quantitative estimate of drug-likeness (QED) is 0.222. The van der Waals surface area contributed by atoms with Gasteiger partial charge < -0.3 is 15.3 Å². The molecule has 3 atom stereocenters. The van der Waals surface area contributed by atoms with Crippen LogP contribution in [-0.4, -0.2) is 45.8 Å². The Hall–Kier alpha value is -0.454. The molecule has 3 aliphatic carbocycles. The van der Waals surface area contributed by atoms with E-state index in [-0.39, 0.29) is 33.5 Å². The van der Waals surface area contributed by atoms with Crippen LogP contribution >= 0.6 is 67.8 Å². The van der Waals surface area contributed by atoms with Gasteiger partial charge in [-0.25, -0.2) is 0 Å². The first-order valence-corrected chi connectivity index (χ1v) is 14.9.